The van der Waals surface area contributed by atoms with Crippen LogP contribution in [0.5, 0.6) is 5.75 Å². The number of aromatic nitrogens is 3. The van der Waals surface area contributed by atoms with Crippen LogP contribution in [0.25, 0.3) is 17.1 Å². The molecule has 0 spiro atoms. The Morgan fingerprint density at radius 1 is 0.974 bits per heavy atom. The van der Waals surface area contributed by atoms with E-state index in [4.69, 9.17) is 0 Å². The summed E-state index contributed by atoms with van der Waals surface area (Å²) in [5, 5.41) is 4.44. The Hall–Kier alpha value is -3.94. The van der Waals surface area contributed by atoms with E-state index in [2.05, 4.69) is 40.8 Å². The van der Waals surface area contributed by atoms with Crippen molar-refractivity contribution >= 4 is 5.78 Å². The number of alkyl halides is 3. The second-order valence-corrected chi connectivity index (χ2v) is 9.24. The maximum absolute atomic E-state index is 12.6. The molecule has 0 N–H and O–H groups in total. The van der Waals surface area contributed by atoms with E-state index in [0.717, 1.165) is 31.2 Å². The summed E-state index contributed by atoms with van der Waals surface area (Å²) in [6.07, 6.45) is 1.48. The fourth-order valence-electron chi connectivity index (χ4n) is 4.42. The van der Waals surface area contributed by atoms with Crippen LogP contribution in [0.4, 0.5) is 13.2 Å². The third kappa shape index (κ3) is 7.31. The number of carbonyl (C=O) groups excluding carboxylic acids is 1. The van der Waals surface area contributed by atoms with E-state index in [1.807, 2.05) is 30.3 Å². The van der Waals surface area contributed by atoms with Gasteiger partial charge in [0.15, 0.2) is 5.82 Å². The number of nitrogens with zero attached hydrogens (tertiary/aromatic N) is 3. The summed E-state index contributed by atoms with van der Waals surface area (Å²) in [6.45, 7) is 4.19. The van der Waals surface area contributed by atoms with Crippen molar-refractivity contribution in [2.45, 2.75) is 58.7 Å². The zero-order valence-electron chi connectivity index (χ0n) is 21.5. The maximum Gasteiger partial charge on any atom is 0.573 e. The molecular weight excluding hydrogens is 491 g/mol. The van der Waals surface area contributed by atoms with Gasteiger partial charge in [0.05, 0.1) is 5.69 Å². The van der Waals surface area contributed by atoms with Crippen LogP contribution in [0.1, 0.15) is 48.4 Å². The van der Waals surface area contributed by atoms with Crippen molar-refractivity contribution in [3.63, 3.8) is 0 Å². The van der Waals surface area contributed by atoms with Crippen LogP contribution in [-0.4, -0.2) is 26.9 Å². The highest BCUT2D eigenvalue weighted by Crippen LogP contribution is 2.24. The van der Waals surface area contributed by atoms with Gasteiger partial charge in [0.25, 0.3) is 0 Å². The van der Waals surface area contributed by atoms with Crippen molar-refractivity contribution in [3.05, 3.63) is 95.3 Å². The number of hydrogen-bond donors (Lipinski definition) is 0. The molecule has 0 aliphatic heterocycles. The minimum absolute atomic E-state index is 0.286. The number of carbonyl (C=O) groups is 1. The monoisotopic (exact) mass is 521 g/mol. The minimum atomic E-state index is -4.73. The van der Waals surface area contributed by atoms with Crippen molar-refractivity contribution in [2.24, 2.45) is 0 Å². The van der Waals surface area contributed by atoms with Crippen LogP contribution >= 0.6 is 0 Å². The number of halogens is 3. The Morgan fingerprint density at radius 2 is 1.71 bits per heavy atom. The van der Waals surface area contributed by atoms with Crippen molar-refractivity contribution < 1.29 is 22.7 Å². The number of ether oxygens (including phenoxy) is 1. The summed E-state index contributed by atoms with van der Waals surface area (Å²) in [6, 6.07) is 19.6. The third-order valence-electron chi connectivity index (χ3n) is 6.47. The van der Waals surface area contributed by atoms with Gasteiger partial charge in [0, 0.05) is 18.4 Å². The fraction of sp³-hybridized carbons (Fsp3) is 0.300. The molecule has 0 atom stereocenters. The van der Waals surface area contributed by atoms with Crippen molar-refractivity contribution in [1.82, 2.24) is 14.8 Å². The van der Waals surface area contributed by atoms with E-state index in [9.17, 15) is 18.0 Å². The van der Waals surface area contributed by atoms with Crippen LogP contribution in [-0.2, 0) is 24.1 Å². The van der Waals surface area contributed by atoms with Crippen LogP contribution < -0.4 is 4.74 Å². The molecule has 38 heavy (non-hydrogen) atoms. The maximum atomic E-state index is 12.6. The van der Waals surface area contributed by atoms with Crippen molar-refractivity contribution in [2.75, 3.05) is 0 Å². The van der Waals surface area contributed by atoms with E-state index in [0.29, 0.717) is 24.4 Å². The molecule has 0 amide bonds. The second kappa shape index (κ2) is 12.1. The molecule has 5 nitrogen and oxygen atoms in total. The van der Waals surface area contributed by atoms with E-state index < -0.39 is 6.36 Å². The number of aryl methyl sites for hydroxylation is 3. The number of hydrogen-bond acceptors (Lipinski definition) is 4. The predicted molar refractivity (Wildman–Crippen MR) is 140 cm³/mol. The van der Waals surface area contributed by atoms with Gasteiger partial charge in [-0.1, -0.05) is 49.4 Å². The van der Waals surface area contributed by atoms with Crippen LogP contribution in [0, 0.1) is 6.92 Å². The molecule has 4 rings (SSSR count). The molecule has 8 heteroatoms. The molecule has 0 radical (unpaired) electrons. The third-order valence-corrected chi connectivity index (χ3v) is 6.47. The largest absolute Gasteiger partial charge is 0.573 e. The molecule has 1 aromatic heterocycles. The minimum Gasteiger partial charge on any atom is -0.406 e. The molecular formula is C30H30F3N3O2. The van der Waals surface area contributed by atoms with Gasteiger partial charge in [-0.05, 0) is 79.1 Å². The number of rotatable bonds is 11. The average molecular weight is 522 g/mol. The van der Waals surface area contributed by atoms with Gasteiger partial charge in [-0.15, -0.1) is 18.3 Å². The van der Waals surface area contributed by atoms with Crippen LogP contribution in [0.15, 0.2) is 73.1 Å². The number of benzene rings is 3. The Balaban J connectivity index is 1.26. The molecule has 0 saturated carbocycles. The smallest absolute Gasteiger partial charge is 0.406 e. The Morgan fingerprint density at radius 3 is 2.39 bits per heavy atom. The molecule has 0 aliphatic rings. The number of Topliss-reactive ketones (excluding diaryl/α,β-unsaturated/α-hetero) is 1. The van der Waals surface area contributed by atoms with Gasteiger partial charge >= 0.3 is 6.36 Å². The number of unbranched alkanes of at least 4 members (excludes halogenated alkanes) is 1. The Labute approximate surface area is 220 Å². The lowest BCUT2D eigenvalue weighted by Gasteiger charge is -2.10. The summed E-state index contributed by atoms with van der Waals surface area (Å²) in [5.41, 5.74) is 6.20. The molecule has 0 saturated heterocycles. The Kier molecular flexibility index (Phi) is 8.61. The summed E-state index contributed by atoms with van der Waals surface area (Å²) in [7, 11) is 0. The van der Waals surface area contributed by atoms with Crippen LogP contribution in [0.3, 0.4) is 0 Å². The molecule has 3 aromatic carbocycles. The molecule has 4 aromatic rings. The molecule has 1 heterocycles. The molecule has 0 fully saturated rings. The molecule has 0 aliphatic carbocycles. The van der Waals surface area contributed by atoms with Gasteiger partial charge in [0.2, 0.25) is 0 Å². The number of ketones is 1. The van der Waals surface area contributed by atoms with Gasteiger partial charge in [-0.3, -0.25) is 4.79 Å². The van der Waals surface area contributed by atoms with E-state index >= 15 is 0 Å². The zero-order valence-corrected chi connectivity index (χ0v) is 21.5. The highest BCUT2D eigenvalue weighted by atomic mass is 19.4. The second-order valence-electron chi connectivity index (χ2n) is 9.24. The quantitative estimate of drug-likeness (QED) is 0.195. The summed E-state index contributed by atoms with van der Waals surface area (Å²) < 4.78 is 42.4. The van der Waals surface area contributed by atoms with Gasteiger partial charge in [-0.25, -0.2) is 9.67 Å². The SMILES string of the molecule is CCc1cccc(C)c1CC(=O)CCCCc1ccc(-c2ncn(-c3ccc(OC(F)(F)F)cc3)n2)cc1. The average Bonchev–Trinajstić information content (AvgIpc) is 3.38. The Bertz CT molecular complexity index is 1360. The van der Waals surface area contributed by atoms with E-state index in [-0.39, 0.29) is 11.5 Å². The van der Waals surface area contributed by atoms with Crippen LogP contribution in [0.2, 0.25) is 0 Å². The summed E-state index contributed by atoms with van der Waals surface area (Å²) in [4.78, 5) is 16.9. The topological polar surface area (TPSA) is 57.0 Å². The van der Waals surface area contributed by atoms with Crippen molar-refractivity contribution in [3.8, 4) is 22.8 Å². The first-order valence-electron chi connectivity index (χ1n) is 12.7. The standard InChI is InChI=1S/C30H30F3N3O2/c1-3-23-9-6-7-21(2)28(23)19-26(37)10-5-4-8-22-11-13-24(14-12-22)29-34-20-36(35-29)25-15-17-27(18-16-25)38-30(31,32)33/h6-7,9,11-18,20H,3-5,8,10,19H2,1-2H3. The van der Waals surface area contributed by atoms with E-state index in [1.165, 1.54) is 57.5 Å². The summed E-state index contributed by atoms with van der Waals surface area (Å²) in [5.74, 6) is 0.507. The summed E-state index contributed by atoms with van der Waals surface area (Å²) >= 11 is 0. The molecule has 198 valence electrons. The predicted octanol–water partition coefficient (Wildman–Crippen LogP) is 7.23. The lowest BCUT2D eigenvalue weighted by molar-refractivity contribution is -0.274. The first kappa shape index (κ1) is 27.1. The van der Waals surface area contributed by atoms with E-state index in [1.54, 1.807) is 0 Å². The molecule has 0 bridgehead atoms. The first-order chi connectivity index (χ1) is 18.2. The van der Waals surface area contributed by atoms with Gasteiger partial charge in [-0.2, -0.15) is 0 Å². The fourth-order valence-corrected chi connectivity index (χ4v) is 4.42. The van der Waals surface area contributed by atoms with Crippen molar-refractivity contribution in [1.29, 1.82) is 0 Å². The van der Waals surface area contributed by atoms with Gasteiger partial charge < -0.3 is 4.74 Å². The first-order valence-corrected chi connectivity index (χ1v) is 12.7. The lowest BCUT2D eigenvalue weighted by atomic mass is 9.94. The highest BCUT2D eigenvalue weighted by Gasteiger charge is 2.31. The normalized spacial score (nSPS) is 11.5. The lowest BCUT2D eigenvalue weighted by Crippen LogP contribution is -2.17. The highest BCUT2D eigenvalue weighted by molar-refractivity contribution is 5.81. The van der Waals surface area contributed by atoms with Gasteiger partial charge in [0.1, 0.15) is 17.9 Å². The zero-order chi connectivity index (χ0) is 27.1. The molecule has 0 unspecified atom stereocenters.